The highest BCUT2D eigenvalue weighted by Gasteiger charge is 2.29. The van der Waals surface area contributed by atoms with Gasteiger partial charge in [-0.1, -0.05) is 13.8 Å². The Bertz CT molecular complexity index is 142. The van der Waals surface area contributed by atoms with E-state index in [2.05, 4.69) is 6.92 Å². The Morgan fingerprint density at radius 2 is 2.00 bits per heavy atom. The van der Waals surface area contributed by atoms with E-state index in [1.54, 1.807) is 0 Å². The smallest absolute Gasteiger partial charge is 0.308 e. The molecule has 1 aliphatic rings. The van der Waals surface area contributed by atoms with Crippen LogP contribution in [-0.2, 0) is 9.53 Å². The zero-order valence-electron chi connectivity index (χ0n) is 6.76. The van der Waals surface area contributed by atoms with E-state index in [-0.39, 0.29) is 18.0 Å². The number of ether oxygens (including phenoxy) is 1. The van der Waals surface area contributed by atoms with Gasteiger partial charge >= 0.3 is 5.97 Å². The molecule has 0 aromatic carbocycles. The van der Waals surface area contributed by atoms with E-state index in [0.29, 0.717) is 5.92 Å². The van der Waals surface area contributed by atoms with E-state index < -0.39 is 0 Å². The Balaban J connectivity index is 2.54. The number of cyclic esters (lactones) is 1. The summed E-state index contributed by atoms with van der Waals surface area (Å²) in [5.74, 6) is 0.587. The number of rotatable bonds is 0. The van der Waals surface area contributed by atoms with Crippen molar-refractivity contribution in [1.82, 2.24) is 0 Å². The van der Waals surface area contributed by atoms with Gasteiger partial charge in [-0.15, -0.1) is 0 Å². The van der Waals surface area contributed by atoms with E-state index in [0.717, 1.165) is 6.42 Å². The molecule has 1 aliphatic heterocycles. The average molecular weight is 142 g/mol. The minimum Gasteiger partial charge on any atom is -0.462 e. The third-order valence-corrected chi connectivity index (χ3v) is 2.23. The van der Waals surface area contributed by atoms with Crippen molar-refractivity contribution in [2.24, 2.45) is 11.8 Å². The zero-order valence-corrected chi connectivity index (χ0v) is 6.76. The molecule has 1 saturated heterocycles. The molecule has 0 spiro atoms. The van der Waals surface area contributed by atoms with Crippen LogP contribution in [0.15, 0.2) is 0 Å². The predicted octanol–water partition coefficient (Wildman–Crippen LogP) is 1.59. The van der Waals surface area contributed by atoms with Gasteiger partial charge < -0.3 is 4.74 Å². The van der Waals surface area contributed by atoms with Crippen molar-refractivity contribution in [3.05, 3.63) is 0 Å². The van der Waals surface area contributed by atoms with Crippen molar-refractivity contribution in [3.8, 4) is 0 Å². The molecule has 0 N–H and O–H groups in total. The van der Waals surface area contributed by atoms with Crippen LogP contribution in [0.2, 0.25) is 0 Å². The largest absolute Gasteiger partial charge is 0.462 e. The molecule has 3 atom stereocenters. The van der Waals surface area contributed by atoms with Crippen LogP contribution in [0.5, 0.6) is 0 Å². The van der Waals surface area contributed by atoms with E-state index >= 15 is 0 Å². The van der Waals surface area contributed by atoms with Gasteiger partial charge in [0.25, 0.3) is 0 Å². The first-order valence-electron chi connectivity index (χ1n) is 3.81. The molecule has 1 fully saturated rings. The molecule has 0 radical (unpaired) electrons. The summed E-state index contributed by atoms with van der Waals surface area (Å²) in [7, 11) is 0. The van der Waals surface area contributed by atoms with Crippen LogP contribution < -0.4 is 0 Å². The molecule has 0 bridgehead atoms. The SMILES string of the molecule is CC1CC(C)[C@H](C)OC1=O. The van der Waals surface area contributed by atoms with Crippen molar-refractivity contribution in [2.45, 2.75) is 33.3 Å². The molecule has 1 heterocycles. The predicted molar refractivity (Wildman–Crippen MR) is 38.5 cm³/mol. The van der Waals surface area contributed by atoms with Crippen molar-refractivity contribution >= 4 is 5.97 Å². The first kappa shape index (κ1) is 7.58. The van der Waals surface area contributed by atoms with Gasteiger partial charge in [-0.3, -0.25) is 4.79 Å². The van der Waals surface area contributed by atoms with E-state index in [4.69, 9.17) is 4.74 Å². The Kier molecular flexibility index (Phi) is 1.97. The second-order valence-electron chi connectivity index (χ2n) is 3.26. The van der Waals surface area contributed by atoms with Crippen LogP contribution in [0.1, 0.15) is 27.2 Å². The second-order valence-corrected chi connectivity index (χ2v) is 3.26. The molecule has 0 amide bonds. The minimum atomic E-state index is -0.0365. The molecule has 0 saturated carbocycles. The maximum absolute atomic E-state index is 10.9. The van der Waals surface area contributed by atoms with Crippen LogP contribution in [0.25, 0.3) is 0 Å². The van der Waals surface area contributed by atoms with Crippen molar-refractivity contribution in [3.63, 3.8) is 0 Å². The Morgan fingerprint density at radius 1 is 1.40 bits per heavy atom. The maximum atomic E-state index is 10.9. The van der Waals surface area contributed by atoms with Gasteiger partial charge in [0.15, 0.2) is 0 Å². The summed E-state index contributed by atoms with van der Waals surface area (Å²) in [4.78, 5) is 10.9. The lowest BCUT2D eigenvalue weighted by Crippen LogP contribution is -2.33. The highest BCUT2D eigenvalue weighted by Crippen LogP contribution is 2.24. The molecule has 2 unspecified atom stereocenters. The summed E-state index contributed by atoms with van der Waals surface area (Å²) in [6, 6.07) is 0. The minimum absolute atomic E-state index is 0.0365. The van der Waals surface area contributed by atoms with Gasteiger partial charge in [0.05, 0.1) is 5.92 Å². The normalized spacial score (nSPS) is 41.1. The molecular weight excluding hydrogens is 128 g/mol. The summed E-state index contributed by atoms with van der Waals surface area (Å²) in [5.41, 5.74) is 0. The fraction of sp³-hybridized carbons (Fsp3) is 0.875. The summed E-state index contributed by atoms with van der Waals surface area (Å²) in [6.07, 6.45) is 1.09. The average Bonchev–Trinajstić information content (AvgIpc) is 1.84. The zero-order chi connectivity index (χ0) is 7.72. The van der Waals surface area contributed by atoms with Crippen molar-refractivity contribution < 1.29 is 9.53 Å². The molecule has 0 aromatic heterocycles. The third kappa shape index (κ3) is 1.31. The molecule has 1 rings (SSSR count). The molecular formula is C8H14O2. The van der Waals surface area contributed by atoms with Crippen LogP contribution in [-0.4, -0.2) is 12.1 Å². The standard InChI is InChI=1S/C8H14O2/c1-5-4-6(2)8(9)10-7(5)3/h5-7H,4H2,1-3H3/t5?,6?,7-/m0/s1. The number of carbonyl (C=O) groups is 1. The first-order valence-corrected chi connectivity index (χ1v) is 3.81. The number of esters is 1. The number of hydrogen-bond donors (Lipinski definition) is 0. The molecule has 0 aliphatic carbocycles. The topological polar surface area (TPSA) is 26.3 Å². The van der Waals surface area contributed by atoms with Crippen LogP contribution in [0, 0.1) is 11.8 Å². The van der Waals surface area contributed by atoms with Gasteiger partial charge in [0.2, 0.25) is 0 Å². The Hall–Kier alpha value is -0.530. The molecule has 10 heavy (non-hydrogen) atoms. The van der Waals surface area contributed by atoms with Crippen LogP contribution >= 0.6 is 0 Å². The van der Waals surface area contributed by atoms with E-state index in [1.807, 2.05) is 13.8 Å². The molecule has 2 nitrogen and oxygen atoms in total. The highest BCUT2D eigenvalue weighted by molar-refractivity contribution is 5.72. The third-order valence-electron chi connectivity index (χ3n) is 2.23. The van der Waals surface area contributed by atoms with Crippen LogP contribution in [0.3, 0.4) is 0 Å². The lowest BCUT2D eigenvalue weighted by molar-refractivity contribution is -0.162. The lowest BCUT2D eigenvalue weighted by atomic mass is 9.91. The van der Waals surface area contributed by atoms with Crippen molar-refractivity contribution in [2.75, 3.05) is 0 Å². The number of hydrogen-bond acceptors (Lipinski definition) is 2. The Labute approximate surface area is 61.6 Å². The van der Waals surface area contributed by atoms with E-state index in [9.17, 15) is 4.79 Å². The fourth-order valence-electron chi connectivity index (χ4n) is 1.26. The quantitative estimate of drug-likeness (QED) is 0.480. The summed E-state index contributed by atoms with van der Waals surface area (Å²) in [5, 5.41) is 0. The molecule has 2 heteroatoms. The molecule has 0 aromatic rings. The fourth-order valence-corrected chi connectivity index (χ4v) is 1.26. The second kappa shape index (κ2) is 2.60. The van der Waals surface area contributed by atoms with Gasteiger partial charge in [-0.2, -0.15) is 0 Å². The summed E-state index contributed by atoms with van der Waals surface area (Å²) >= 11 is 0. The Morgan fingerprint density at radius 3 is 2.50 bits per heavy atom. The van der Waals surface area contributed by atoms with Crippen molar-refractivity contribution in [1.29, 1.82) is 0 Å². The van der Waals surface area contributed by atoms with Gasteiger partial charge in [0.1, 0.15) is 6.10 Å². The first-order chi connectivity index (χ1) is 4.61. The maximum Gasteiger partial charge on any atom is 0.308 e. The monoisotopic (exact) mass is 142 g/mol. The summed E-state index contributed by atoms with van der Waals surface area (Å²) in [6.45, 7) is 5.99. The molecule has 58 valence electrons. The van der Waals surface area contributed by atoms with Gasteiger partial charge in [-0.05, 0) is 19.3 Å². The van der Waals surface area contributed by atoms with Crippen LogP contribution in [0.4, 0.5) is 0 Å². The summed E-state index contributed by atoms with van der Waals surface area (Å²) < 4.78 is 5.07. The number of carbonyl (C=O) groups excluding carboxylic acids is 1. The van der Waals surface area contributed by atoms with Gasteiger partial charge in [0, 0.05) is 0 Å². The highest BCUT2D eigenvalue weighted by atomic mass is 16.5. The van der Waals surface area contributed by atoms with Gasteiger partial charge in [-0.25, -0.2) is 0 Å². The lowest BCUT2D eigenvalue weighted by Gasteiger charge is -2.29. The van der Waals surface area contributed by atoms with E-state index in [1.165, 1.54) is 0 Å².